The zero-order valence-electron chi connectivity index (χ0n) is 10.7. The van der Waals surface area contributed by atoms with Gasteiger partial charge in [-0.2, -0.15) is 0 Å². The fraction of sp³-hybridized carbons (Fsp3) is 0.533. The highest BCUT2D eigenvalue weighted by Gasteiger charge is 2.28. The smallest absolute Gasteiger partial charge is 0.263 e. The Morgan fingerprint density at radius 2 is 2.00 bits per heavy atom. The molecule has 0 bridgehead atoms. The third-order valence-electron chi connectivity index (χ3n) is 3.40. The summed E-state index contributed by atoms with van der Waals surface area (Å²) >= 11 is 0. The van der Waals surface area contributed by atoms with Crippen LogP contribution >= 0.6 is 0 Å². The normalized spacial score (nSPS) is 18.3. The van der Waals surface area contributed by atoms with Crippen molar-refractivity contribution < 1.29 is 9.63 Å². The highest BCUT2D eigenvalue weighted by atomic mass is 16.7. The molecule has 1 saturated heterocycles. The van der Waals surface area contributed by atoms with Gasteiger partial charge in [0.25, 0.3) is 5.91 Å². The van der Waals surface area contributed by atoms with E-state index in [4.69, 9.17) is 10.6 Å². The van der Waals surface area contributed by atoms with E-state index in [0.717, 1.165) is 18.4 Å². The summed E-state index contributed by atoms with van der Waals surface area (Å²) in [6.07, 6.45) is 1.99. The van der Waals surface area contributed by atoms with E-state index in [1.54, 1.807) is 0 Å². The van der Waals surface area contributed by atoms with Crippen LogP contribution in [0, 0.1) is 0 Å². The van der Waals surface area contributed by atoms with Gasteiger partial charge >= 0.3 is 0 Å². The summed E-state index contributed by atoms with van der Waals surface area (Å²) < 4.78 is 0. The molecule has 0 aromatic heterocycles. The summed E-state index contributed by atoms with van der Waals surface area (Å²) in [5.41, 5.74) is 7.13. The van der Waals surface area contributed by atoms with Crippen LogP contribution in [0.3, 0.4) is 0 Å². The molecule has 1 aliphatic heterocycles. The first-order valence-electron chi connectivity index (χ1n) is 6.45. The number of amides is 1. The minimum Gasteiger partial charge on any atom is -0.319 e. The standard InChI is InChI=1S/C14H20N2O2.CH4/c1-11(12-7-3-2-4-8-12)13(15)14(17)16-9-5-6-10-18-16;/h2-4,7-8,11,13H,5-6,9-10,15H2,1H3;1H4/t11-,13-;/m0./s1. The molecule has 0 unspecified atom stereocenters. The second-order valence-electron chi connectivity index (χ2n) is 4.71. The van der Waals surface area contributed by atoms with Crippen LogP contribution in [0.15, 0.2) is 30.3 Å². The Morgan fingerprint density at radius 3 is 2.58 bits per heavy atom. The molecular weight excluding hydrogens is 240 g/mol. The summed E-state index contributed by atoms with van der Waals surface area (Å²) in [5.74, 6) is -0.129. The van der Waals surface area contributed by atoms with Gasteiger partial charge in [-0.05, 0) is 18.4 Å². The lowest BCUT2D eigenvalue weighted by atomic mass is 9.93. The Kier molecular flexibility index (Phi) is 5.99. The second kappa shape index (κ2) is 7.26. The van der Waals surface area contributed by atoms with Gasteiger partial charge in [0.2, 0.25) is 0 Å². The zero-order valence-corrected chi connectivity index (χ0v) is 10.7. The molecule has 4 nitrogen and oxygen atoms in total. The number of hydrogen-bond donors (Lipinski definition) is 1. The number of carbonyl (C=O) groups excluding carboxylic acids is 1. The largest absolute Gasteiger partial charge is 0.319 e. The minimum absolute atomic E-state index is 0. The Bertz CT molecular complexity index is 388. The molecule has 19 heavy (non-hydrogen) atoms. The number of hydrogen-bond acceptors (Lipinski definition) is 3. The number of nitrogens with zero attached hydrogens (tertiary/aromatic N) is 1. The van der Waals surface area contributed by atoms with E-state index in [1.807, 2.05) is 37.3 Å². The Balaban J connectivity index is 0.00000180. The lowest BCUT2D eigenvalue weighted by Gasteiger charge is -2.30. The highest BCUT2D eigenvalue weighted by molar-refractivity contribution is 5.81. The average Bonchev–Trinajstić information content (AvgIpc) is 2.47. The predicted octanol–water partition coefficient (Wildman–Crippen LogP) is 2.31. The number of benzene rings is 1. The first kappa shape index (κ1) is 15.7. The van der Waals surface area contributed by atoms with Crippen molar-refractivity contribution in [2.75, 3.05) is 13.2 Å². The first-order chi connectivity index (χ1) is 8.70. The molecular formula is C15H24N2O2. The van der Waals surface area contributed by atoms with Gasteiger partial charge in [-0.3, -0.25) is 9.63 Å². The fourth-order valence-corrected chi connectivity index (χ4v) is 2.11. The van der Waals surface area contributed by atoms with E-state index in [9.17, 15) is 4.79 Å². The van der Waals surface area contributed by atoms with Crippen LogP contribution in [0.5, 0.6) is 0 Å². The van der Waals surface area contributed by atoms with Crippen LogP contribution in [-0.4, -0.2) is 30.2 Å². The zero-order chi connectivity index (χ0) is 13.0. The molecule has 0 saturated carbocycles. The van der Waals surface area contributed by atoms with Crippen molar-refractivity contribution in [2.45, 2.75) is 39.2 Å². The summed E-state index contributed by atoms with van der Waals surface area (Å²) in [5, 5.41) is 1.42. The van der Waals surface area contributed by atoms with Crippen LogP contribution < -0.4 is 5.73 Å². The van der Waals surface area contributed by atoms with Crippen molar-refractivity contribution >= 4 is 5.91 Å². The van der Waals surface area contributed by atoms with Crippen molar-refractivity contribution in [1.29, 1.82) is 0 Å². The van der Waals surface area contributed by atoms with Gasteiger partial charge in [-0.25, -0.2) is 5.06 Å². The SMILES string of the molecule is C.C[C@@H](c1ccccc1)[C@H](N)C(=O)N1CCCCO1. The van der Waals surface area contributed by atoms with Crippen LogP contribution in [0.1, 0.15) is 38.7 Å². The maximum atomic E-state index is 12.2. The molecule has 4 heteroatoms. The van der Waals surface area contributed by atoms with Crippen molar-refractivity contribution in [1.82, 2.24) is 5.06 Å². The molecule has 1 aromatic rings. The van der Waals surface area contributed by atoms with Gasteiger partial charge in [-0.1, -0.05) is 44.7 Å². The van der Waals surface area contributed by atoms with Crippen LogP contribution in [0.4, 0.5) is 0 Å². The summed E-state index contributed by atoms with van der Waals surface area (Å²) in [7, 11) is 0. The van der Waals surface area contributed by atoms with Crippen molar-refractivity contribution in [2.24, 2.45) is 5.73 Å². The second-order valence-corrected chi connectivity index (χ2v) is 4.71. The van der Waals surface area contributed by atoms with Crippen molar-refractivity contribution in [3.63, 3.8) is 0 Å². The molecule has 2 rings (SSSR count). The maximum Gasteiger partial charge on any atom is 0.263 e. The lowest BCUT2D eigenvalue weighted by Crippen LogP contribution is -2.48. The molecule has 1 heterocycles. The highest BCUT2D eigenvalue weighted by Crippen LogP contribution is 2.20. The van der Waals surface area contributed by atoms with E-state index >= 15 is 0 Å². The fourth-order valence-electron chi connectivity index (χ4n) is 2.11. The molecule has 1 aliphatic rings. The molecule has 2 atom stereocenters. The Morgan fingerprint density at radius 1 is 1.32 bits per heavy atom. The number of carbonyl (C=O) groups is 1. The number of rotatable bonds is 3. The molecule has 106 valence electrons. The third kappa shape index (κ3) is 3.78. The van der Waals surface area contributed by atoms with E-state index in [0.29, 0.717) is 13.2 Å². The van der Waals surface area contributed by atoms with Gasteiger partial charge in [0.1, 0.15) is 0 Å². The summed E-state index contributed by atoms with van der Waals surface area (Å²) in [4.78, 5) is 17.5. The molecule has 1 fully saturated rings. The quantitative estimate of drug-likeness (QED) is 0.911. The van der Waals surface area contributed by atoms with Crippen molar-refractivity contribution in [3.8, 4) is 0 Å². The average molecular weight is 264 g/mol. The first-order valence-corrected chi connectivity index (χ1v) is 6.45. The van der Waals surface area contributed by atoms with E-state index < -0.39 is 6.04 Å². The summed E-state index contributed by atoms with van der Waals surface area (Å²) in [6, 6.07) is 9.31. The number of nitrogens with two attached hydrogens (primary N) is 1. The Hall–Kier alpha value is -1.39. The molecule has 0 radical (unpaired) electrons. The topological polar surface area (TPSA) is 55.6 Å². The third-order valence-corrected chi connectivity index (χ3v) is 3.40. The Labute approximate surface area is 115 Å². The van der Waals surface area contributed by atoms with Gasteiger partial charge < -0.3 is 5.73 Å². The van der Waals surface area contributed by atoms with E-state index in [-0.39, 0.29) is 19.3 Å². The monoisotopic (exact) mass is 264 g/mol. The molecule has 1 amide bonds. The molecule has 0 spiro atoms. The number of hydroxylamine groups is 2. The maximum absolute atomic E-state index is 12.2. The summed E-state index contributed by atoms with van der Waals surface area (Å²) in [6.45, 7) is 3.23. The molecule has 2 N–H and O–H groups in total. The van der Waals surface area contributed by atoms with Crippen LogP contribution in [0.25, 0.3) is 0 Å². The van der Waals surface area contributed by atoms with Crippen molar-refractivity contribution in [3.05, 3.63) is 35.9 Å². The predicted molar refractivity (Wildman–Crippen MR) is 76.5 cm³/mol. The lowest BCUT2D eigenvalue weighted by molar-refractivity contribution is -0.198. The van der Waals surface area contributed by atoms with Crippen LogP contribution in [0.2, 0.25) is 0 Å². The minimum atomic E-state index is -0.550. The molecule has 0 aliphatic carbocycles. The van der Waals surface area contributed by atoms with Gasteiger partial charge in [0.15, 0.2) is 0 Å². The van der Waals surface area contributed by atoms with E-state index in [1.165, 1.54) is 5.06 Å². The van der Waals surface area contributed by atoms with Gasteiger partial charge in [0, 0.05) is 12.5 Å². The van der Waals surface area contributed by atoms with Gasteiger partial charge in [0.05, 0.1) is 12.6 Å². The van der Waals surface area contributed by atoms with Crippen LogP contribution in [-0.2, 0) is 9.63 Å². The van der Waals surface area contributed by atoms with E-state index in [2.05, 4.69) is 0 Å². The molecule has 1 aromatic carbocycles. The van der Waals surface area contributed by atoms with Gasteiger partial charge in [-0.15, -0.1) is 0 Å².